The van der Waals surface area contributed by atoms with Crippen molar-refractivity contribution >= 4 is 5.91 Å². The zero-order valence-electron chi connectivity index (χ0n) is 13.2. The number of hydrogen-bond donors (Lipinski definition) is 2. The summed E-state index contributed by atoms with van der Waals surface area (Å²) in [5.41, 5.74) is 13.0. The van der Waals surface area contributed by atoms with Crippen LogP contribution < -0.4 is 16.2 Å². The summed E-state index contributed by atoms with van der Waals surface area (Å²) < 4.78 is 6.19. The Kier molecular flexibility index (Phi) is 4.57. The second-order valence-corrected chi connectivity index (χ2v) is 6.55. The molecule has 1 aromatic rings. The Bertz CT molecular complexity index is 528. The third-order valence-corrected chi connectivity index (χ3v) is 4.32. The number of carbonyl (C=O) groups is 1. The summed E-state index contributed by atoms with van der Waals surface area (Å²) in [6.45, 7) is 6.35. The van der Waals surface area contributed by atoms with Crippen LogP contribution >= 0.6 is 0 Å². The van der Waals surface area contributed by atoms with Crippen LogP contribution in [0.1, 0.15) is 56.6 Å². The summed E-state index contributed by atoms with van der Waals surface area (Å²) in [6.07, 6.45) is 2.88. The smallest absolute Gasteiger partial charge is 0.237 e. The van der Waals surface area contributed by atoms with E-state index in [1.54, 1.807) is 0 Å². The second-order valence-electron chi connectivity index (χ2n) is 6.55. The van der Waals surface area contributed by atoms with Crippen LogP contribution in [-0.2, 0) is 4.79 Å². The molecule has 1 aliphatic carbocycles. The quantitative estimate of drug-likeness (QED) is 0.894. The number of benzene rings is 1. The standard InChI is InChI=1S/C17H26N2O2/c1-11(2)14-7-6-12(3)9-15(14)21-13-5-4-8-17(19,10-13)16(18)20/h6-7,9,11,13H,4-5,8,10,19H2,1-3H3,(H2,18,20). The minimum atomic E-state index is -0.926. The van der Waals surface area contributed by atoms with Gasteiger partial charge in [-0.25, -0.2) is 0 Å². The number of amides is 1. The van der Waals surface area contributed by atoms with Crippen molar-refractivity contribution in [1.82, 2.24) is 0 Å². The van der Waals surface area contributed by atoms with E-state index in [0.29, 0.717) is 18.8 Å². The van der Waals surface area contributed by atoms with Gasteiger partial charge in [-0.3, -0.25) is 4.79 Å². The molecule has 2 unspecified atom stereocenters. The Morgan fingerprint density at radius 2 is 2.14 bits per heavy atom. The molecule has 0 spiro atoms. The molecule has 21 heavy (non-hydrogen) atoms. The van der Waals surface area contributed by atoms with Gasteiger partial charge in [0.25, 0.3) is 0 Å². The maximum atomic E-state index is 11.5. The summed E-state index contributed by atoms with van der Waals surface area (Å²) in [4.78, 5) is 11.5. The average molecular weight is 290 g/mol. The normalized spacial score (nSPS) is 25.9. The van der Waals surface area contributed by atoms with Crippen LogP contribution in [-0.4, -0.2) is 17.6 Å². The van der Waals surface area contributed by atoms with E-state index >= 15 is 0 Å². The lowest BCUT2D eigenvalue weighted by Gasteiger charge is -2.35. The third kappa shape index (κ3) is 3.56. The Hall–Kier alpha value is -1.55. The summed E-state index contributed by atoms with van der Waals surface area (Å²) in [5, 5.41) is 0. The van der Waals surface area contributed by atoms with Crippen LogP contribution in [0.25, 0.3) is 0 Å². The summed E-state index contributed by atoms with van der Waals surface area (Å²) in [6, 6.07) is 6.27. The molecular formula is C17H26N2O2. The number of primary amides is 1. The molecule has 1 saturated carbocycles. The molecular weight excluding hydrogens is 264 g/mol. The second kappa shape index (κ2) is 6.06. The lowest BCUT2D eigenvalue weighted by molar-refractivity contribution is -0.125. The van der Waals surface area contributed by atoms with Crippen molar-refractivity contribution in [2.24, 2.45) is 11.5 Å². The molecule has 1 fully saturated rings. The molecule has 0 heterocycles. The number of nitrogens with two attached hydrogens (primary N) is 2. The molecule has 0 aromatic heterocycles. The zero-order valence-corrected chi connectivity index (χ0v) is 13.2. The maximum Gasteiger partial charge on any atom is 0.237 e. The largest absolute Gasteiger partial charge is 0.490 e. The van der Waals surface area contributed by atoms with E-state index in [-0.39, 0.29) is 6.10 Å². The van der Waals surface area contributed by atoms with Crippen LogP contribution in [0.4, 0.5) is 0 Å². The van der Waals surface area contributed by atoms with Gasteiger partial charge in [0, 0.05) is 6.42 Å². The van der Waals surface area contributed by atoms with E-state index < -0.39 is 11.4 Å². The summed E-state index contributed by atoms with van der Waals surface area (Å²) >= 11 is 0. The number of aryl methyl sites for hydroxylation is 1. The van der Waals surface area contributed by atoms with Crippen molar-refractivity contribution in [2.75, 3.05) is 0 Å². The molecule has 1 amide bonds. The first-order valence-electron chi connectivity index (χ1n) is 7.68. The fourth-order valence-corrected chi connectivity index (χ4v) is 2.98. The Labute approximate surface area is 126 Å². The van der Waals surface area contributed by atoms with Crippen LogP contribution in [0, 0.1) is 6.92 Å². The highest BCUT2D eigenvalue weighted by atomic mass is 16.5. The van der Waals surface area contributed by atoms with Crippen molar-refractivity contribution in [1.29, 1.82) is 0 Å². The molecule has 1 aliphatic rings. The van der Waals surface area contributed by atoms with Gasteiger partial charge in [0.15, 0.2) is 0 Å². The highest BCUT2D eigenvalue weighted by Gasteiger charge is 2.38. The van der Waals surface area contributed by atoms with Gasteiger partial charge in [0.1, 0.15) is 11.9 Å². The van der Waals surface area contributed by atoms with Gasteiger partial charge in [-0.1, -0.05) is 26.0 Å². The first kappa shape index (κ1) is 15.8. The minimum absolute atomic E-state index is 0.0458. The molecule has 116 valence electrons. The van der Waals surface area contributed by atoms with Crippen molar-refractivity contribution in [3.63, 3.8) is 0 Å². The molecule has 0 bridgehead atoms. The molecule has 0 aliphatic heterocycles. The Morgan fingerprint density at radius 1 is 1.43 bits per heavy atom. The minimum Gasteiger partial charge on any atom is -0.490 e. The van der Waals surface area contributed by atoms with Gasteiger partial charge in [-0.05, 0) is 49.3 Å². The van der Waals surface area contributed by atoms with Gasteiger partial charge in [0.2, 0.25) is 5.91 Å². The molecule has 1 aromatic carbocycles. The highest BCUT2D eigenvalue weighted by Crippen LogP contribution is 2.33. The Morgan fingerprint density at radius 3 is 2.76 bits per heavy atom. The van der Waals surface area contributed by atoms with Crippen molar-refractivity contribution in [2.45, 2.75) is 64.0 Å². The first-order valence-corrected chi connectivity index (χ1v) is 7.68. The lowest BCUT2D eigenvalue weighted by Crippen LogP contribution is -2.56. The molecule has 0 saturated heterocycles. The van der Waals surface area contributed by atoms with E-state index in [9.17, 15) is 4.79 Å². The zero-order chi connectivity index (χ0) is 15.6. The molecule has 2 atom stereocenters. The predicted octanol–water partition coefficient (Wildman–Crippen LogP) is 2.62. The van der Waals surface area contributed by atoms with Gasteiger partial charge in [-0.15, -0.1) is 0 Å². The summed E-state index contributed by atoms with van der Waals surface area (Å²) in [5.74, 6) is 0.871. The molecule has 4 heteroatoms. The van der Waals surface area contributed by atoms with Crippen molar-refractivity contribution in [3.05, 3.63) is 29.3 Å². The van der Waals surface area contributed by atoms with Crippen LogP contribution in [0.2, 0.25) is 0 Å². The Balaban J connectivity index is 2.18. The number of hydrogen-bond acceptors (Lipinski definition) is 3. The van der Waals surface area contributed by atoms with E-state index in [1.807, 2.05) is 0 Å². The van der Waals surface area contributed by atoms with Crippen molar-refractivity contribution in [3.8, 4) is 5.75 Å². The maximum absolute atomic E-state index is 11.5. The van der Waals surface area contributed by atoms with Crippen LogP contribution in [0.15, 0.2) is 18.2 Å². The lowest BCUT2D eigenvalue weighted by atomic mass is 9.80. The molecule has 0 radical (unpaired) electrons. The van der Waals surface area contributed by atoms with Gasteiger partial charge >= 0.3 is 0 Å². The van der Waals surface area contributed by atoms with Crippen molar-refractivity contribution < 1.29 is 9.53 Å². The van der Waals surface area contributed by atoms with E-state index in [1.165, 1.54) is 11.1 Å². The van der Waals surface area contributed by atoms with Crippen LogP contribution in [0.3, 0.4) is 0 Å². The molecule has 2 rings (SSSR count). The topological polar surface area (TPSA) is 78.3 Å². The van der Waals surface area contributed by atoms with Gasteiger partial charge in [0.05, 0.1) is 5.54 Å². The van der Waals surface area contributed by atoms with E-state index in [2.05, 4.69) is 39.0 Å². The third-order valence-electron chi connectivity index (χ3n) is 4.32. The first-order chi connectivity index (χ1) is 9.82. The van der Waals surface area contributed by atoms with Gasteiger partial charge in [-0.2, -0.15) is 0 Å². The number of carbonyl (C=O) groups excluding carboxylic acids is 1. The van der Waals surface area contributed by atoms with Crippen LogP contribution in [0.5, 0.6) is 5.75 Å². The van der Waals surface area contributed by atoms with E-state index in [0.717, 1.165) is 18.6 Å². The fraction of sp³-hybridized carbons (Fsp3) is 0.588. The average Bonchev–Trinajstić information content (AvgIpc) is 2.38. The molecule has 4 nitrogen and oxygen atoms in total. The predicted molar refractivity (Wildman–Crippen MR) is 84.3 cm³/mol. The number of ether oxygens (including phenoxy) is 1. The molecule has 4 N–H and O–H groups in total. The summed E-state index contributed by atoms with van der Waals surface area (Å²) in [7, 11) is 0. The SMILES string of the molecule is Cc1ccc(C(C)C)c(OC2CCCC(N)(C(N)=O)C2)c1. The monoisotopic (exact) mass is 290 g/mol. The highest BCUT2D eigenvalue weighted by molar-refractivity contribution is 5.84. The van der Waals surface area contributed by atoms with Gasteiger partial charge < -0.3 is 16.2 Å². The van der Waals surface area contributed by atoms with E-state index in [4.69, 9.17) is 16.2 Å². The fourth-order valence-electron chi connectivity index (χ4n) is 2.98. The number of rotatable bonds is 4.